The van der Waals surface area contributed by atoms with E-state index in [0.29, 0.717) is 16.0 Å². The molecule has 1 atom stereocenters. The third-order valence-electron chi connectivity index (χ3n) is 4.40. The van der Waals surface area contributed by atoms with Crippen molar-refractivity contribution in [2.45, 2.75) is 38.4 Å². The summed E-state index contributed by atoms with van der Waals surface area (Å²) in [5.74, 6) is 0.915. The van der Waals surface area contributed by atoms with Gasteiger partial charge in [-0.1, -0.05) is 36.4 Å². The van der Waals surface area contributed by atoms with Crippen LogP contribution in [-0.4, -0.2) is 37.5 Å². The van der Waals surface area contributed by atoms with E-state index < -0.39 is 0 Å². The van der Waals surface area contributed by atoms with Gasteiger partial charge in [-0.3, -0.25) is 14.3 Å². The van der Waals surface area contributed by atoms with Crippen LogP contribution in [0.4, 0.5) is 0 Å². The molecule has 0 saturated carbocycles. The normalized spacial score (nSPS) is 12.0. The predicted octanol–water partition coefficient (Wildman–Crippen LogP) is 4.30. The first-order valence-corrected chi connectivity index (χ1v) is 10.4. The quantitative estimate of drug-likeness (QED) is 0.582. The van der Waals surface area contributed by atoms with Crippen LogP contribution in [0.25, 0.3) is 17.1 Å². The number of hydrogen-bond acceptors (Lipinski definition) is 5. The summed E-state index contributed by atoms with van der Waals surface area (Å²) in [6.45, 7) is 5.98. The molecule has 146 valence electrons. The van der Waals surface area contributed by atoms with Crippen molar-refractivity contribution in [2.24, 2.45) is 0 Å². The molecule has 1 amide bonds. The molecule has 0 radical (unpaired) electrons. The van der Waals surface area contributed by atoms with Gasteiger partial charge in [-0.15, -0.1) is 10.2 Å². The number of nitrogens with zero attached hydrogens (tertiary/aromatic N) is 4. The van der Waals surface area contributed by atoms with Crippen LogP contribution in [-0.2, 0) is 4.79 Å². The molecule has 0 aliphatic heterocycles. The zero-order valence-electron chi connectivity index (χ0n) is 16.0. The second-order valence-corrected chi connectivity index (χ2v) is 7.78. The van der Waals surface area contributed by atoms with Gasteiger partial charge in [0.25, 0.3) is 0 Å². The molecule has 0 bridgehead atoms. The van der Waals surface area contributed by atoms with Gasteiger partial charge in [-0.05, 0) is 50.1 Å². The van der Waals surface area contributed by atoms with Crippen molar-refractivity contribution >= 4 is 29.3 Å². The molecule has 8 heteroatoms. The Bertz CT molecular complexity index is 960. The number of aromatic nitrogens is 4. The van der Waals surface area contributed by atoms with Crippen molar-refractivity contribution in [3.63, 3.8) is 0 Å². The van der Waals surface area contributed by atoms with Gasteiger partial charge in [-0.2, -0.15) is 0 Å². The first kappa shape index (κ1) is 20.4. The number of hydrogen-bond donors (Lipinski definition) is 1. The molecular weight excluding hydrogens is 394 g/mol. The Labute approximate surface area is 173 Å². The Morgan fingerprint density at radius 3 is 2.71 bits per heavy atom. The van der Waals surface area contributed by atoms with Gasteiger partial charge in [-0.25, -0.2) is 0 Å². The largest absolute Gasteiger partial charge is 0.353 e. The number of pyridine rings is 1. The van der Waals surface area contributed by atoms with Crippen LogP contribution in [0.3, 0.4) is 0 Å². The van der Waals surface area contributed by atoms with Gasteiger partial charge in [0.1, 0.15) is 0 Å². The van der Waals surface area contributed by atoms with Crippen LogP contribution in [0.2, 0.25) is 5.02 Å². The van der Waals surface area contributed by atoms with E-state index in [1.165, 1.54) is 11.8 Å². The van der Waals surface area contributed by atoms with Crippen LogP contribution in [0.15, 0.2) is 47.9 Å². The predicted molar refractivity (Wildman–Crippen MR) is 113 cm³/mol. The summed E-state index contributed by atoms with van der Waals surface area (Å²) in [6.07, 6.45) is 4.32. The molecule has 0 aliphatic carbocycles. The summed E-state index contributed by atoms with van der Waals surface area (Å²) in [7, 11) is 0. The molecule has 0 fully saturated rings. The average molecular weight is 416 g/mol. The number of halogens is 1. The van der Waals surface area contributed by atoms with E-state index in [0.717, 1.165) is 23.2 Å². The van der Waals surface area contributed by atoms with Crippen molar-refractivity contribution in [3.05, 3.63) is 53.3 Å². The maximum Gasteiger partial charge on any atom is 0.230 e. The van der Waals surface area contributed by atoms with E-state index in [1.54, 1.807) is 12.4 Å². The van der Waals surface area contributed by atoms with Crippen LogP contribution in [0.5, 0.6) is 0 Å². The first-order valence-electron chi connectivity index (χ1n) is 9.04. The smallest absolute Gasteiger partial charge is 0.230 e. The second-order valence-electron chi connectivity index (χ2n) is 6.43. The van der Waals surface area contributed by atoms with Crippen molar-refractivity contribution in [3.8, 4) is 17.1 Å². The lowest BCUT2D eigenvalue weighted by atomic mass is 10.2. The van der Waals surface area contributed by atoms with Crippen LogP contribution < -0.4 is 5.32 Å². The van der Waals surface area contributed by atoms with Gasteiger partial charge in [0.2, 0.25) is 5.91 Å². The zero-order valence-corrected chi connectivity index (χ0v) is 17.6. The third kappa shape index (κ3) is 4.54. The van der Waals surface area contributed by atoms with Crippen molar-refractivity contribution < 1.29 is 4.79 Å². The topological polar surface area (TPSA) is 72.7 Å². The zero-order chi connectivity index (χ0) is 20.1. The molecule has 1 N–H and O–H groups in total. The van der Waals surface area contributed by atoms with Crippen LogP contribution in [0.1, 0.15) is 25.8 Å². The number of carbonyl (C=O) groups is 1. The molecule has 2 heterocycles. The molecular formula is C20H22ClN5OS. The molecule has 3 aromatic rings. The highest BCUT2D eigenvalue weighted by molar-refractivity contribution is 7.99. The molecule has 1 aromatic carbocycles. The Balaban J connectivity index is 1.98. The number of carbonyl (C=O) groups excluding carboxylic acids is 1. The second kappa shape index (κ2) is 9.21. The lowest BCUT2D eigenvalue weighted by Crippen LogP contribution is -2.33. The van der Waals surface area contributed by atoms with Gasteiger partial charge in [0.15, 0.2) is 11.0 Å². The molecule has 0 spiro atoms. The molecule has 0 aliphatic rings. The maximum absolute atomic E-state index is 12.2. The summed E-state index contributed by atoms with van der Waals surface area (Å²) in [6, 6.07) is 9.62. The summed E-state index contributed by atoms with van der Waals surface area (Å²) >= 11 is 7.70. The van der Waals surface area contributed by atoms with Gasteiger partial charge in [0.05, 0.1) is 11.4 Å². The van der Waals surface area contributed by atoms with Crippen LogP contribution >= 0.6 is 23.4 Å². The Morgan fingerprint density at radius 2 is 2.00 bits per heavy atom. The van der Waals surface area contributed by atoms with Gasteiger partial charge < -0.3 is 5.32 Å². The van der Waals surface area contributed by atoms with E-state index in [1.807, 2.05) is 55.7 Å². The lowest BCUT2D eigenvalue weighted by Gasteiger charge is -2.14. The van der Waals surface area contributed by atoms with E-state index in [4.69, 9.17) is 11.6 Å². The summed E-state index contributed by atoms with van der Waals surface area (Å²) in [5.41, 5.74) is 2.69. The fourth-order valence-corrected chi connectivity index (χ4v) is 3.58. The highest BCUT2D eigenvalue weighted by atomic mass is 35.5. The maximum atomic E-state index is 12.2. The number of rotatable bonds is 7. The average Bonchev–Trinajstić information content (AvgIpc) is 3.12. The van der Waals surface area contributed by atoms with E-state index >= 15 is 0 Å². The van der Waals surface area contributed by atoms with Gasteiger partial charge in [0, 0.05) is 29.0 Å². The minimum Gasteiger partial charge on any atom is -0.353 e. The van der Waals surface area contributed by atoms with E-state index in [9.17, 15) is 4.79 Å². The first-order chi connectivity index (χ1) is 13.5. The minimum absolute atomic E-state index is 0.0258. The molecule has 28 heavy (non-hydrogen) atoms. The van der Waals surface area contributed by atoms with E-state index in [-0.39, 0.29) is 17.7 Å². The summed E-state index contributed by atoms with van der Waals surface area (Å²) < 4.78 is 1.94. The van der Waals surface area contributed by atoms with Crippen molar-refractivity contribution in [2.75, 3.05) is 5.75 Å². The van der Waals surface area contributed by atoms with Crippen molar-refractivity contribution in [1.82, 2.24) is 25.1 Å². The monoisotopic (exact) mass is 415 g/mol. The lowest BCUT2D eigenvalue weighted by molar-refractivity contribution is -0.119. The molecule has 6 nitrogen and oxygen atoms in total. The highest BCUT2D eigenvalue weighted by Gasteiger charge is 2.19. The Morgan fingerprint density at radius 1 is 1.25 bits per heavy atom. The molecule has 3 rings (SSSR count). The Hall–Kier alpha value is -2.38. The standard InChI is InChI=1S/C20H22ClN5OS/c1-4-13(2)23-18(27)12-28-20-25-24-19(15-8-10-22-11-9-15)26(20)17-7-5-6-16(21)14(17)3/h5-11,13H,4,12H2,1-3H3,(H,23,27). The summed E-state index contributed by atoms with van der Waals surface area (Å²) in [4.78, 5) is 16.3. The van der Waals surface area contributed by atoms with Crippen LogP contribution in [0, 0.1) is 6.92 Å². The van der Waals surface area contributed by atoms with E-state index in [2.05, 4.69) is 20.5 Å². The summed E-state index contributed by atoms with van der Waals surface area (Å²) in [5, 5.41) is 13.0. The number of amides is 1. The molecule has 1 unspecified atom stereocenters. The fraction of sp³-hybridized carbons (Fsp3) is 0.300. The highest BCUT2D eigenvalue weighted by Crippen LogP contribution is 2.31. The third-order valence-corrected chi connectivity index (χ3v) is 5.74. The number of benzene rings is 1. The van der Waals surface area contributed by atoms with Gasteiger partial charge >= 0.3 is 0 Å². The van der Waals surface area contributed by atoms with Crippen molar-refractivity contribution in [1.29, 1.82) is 0 Å². The number of nitrogens with one attached hydrogen (secondary N) is 1. The minimum atomic E-state index is -0.0258. The fourth-order valence-electron chi connectivity index (χ4n) is 2.66. The SMILES string of the molecule is CCC(C)NC(=O)CSc1nnc(-c2ccncc2)n1-c1cccc(Cl)c1C. The molecule has 2 aromatic heterocycles. The molecule has 0 saturated heterocycles. The number of thioether (sulfide) groups is 1. The Kier molecular flexibility index (Phi) is 6.70.